The lowest BCUT2D eigenvalue weighted by molar-refractivity contribution is -0.124. The zero-order valence-electron chi connectivity index (χ0n) is 32.3. The maximum absolute atomic E-state index is 14.2. The number of ether oxygens (including phenoxy) is 2. The van der Waals surface area contributed by atoms with Gasteiger partial charge < -0.3 is 19.3 Å². The largest absolute Gasteiger partial charge is 0.444 e. The fourth-order valence-electron chi connectivity index (χ4n) is 8.40. The first-order chi connectivity index (χ1) is 25.2. The van der Waals surface area contributed by atoms with Gasteiger partial charge in [0.25, 0.3) is 0 Å². The third-order valence-electron chi connectivity index (χ3n) is 10.7. The minimum Gasteiger partial charge on any atom is -0.444 e. The molecule has 2 saturated carbocycles. The fraction of sp³-hybridized carbons (Fsp3) is 0.600. The van der Waals surface area contributed by atoms with Gasteiger partial charge in [0.15, 0.2) is 0 Å². The molecule has 2 saturated heterocycles. The molecule has 4 amide bonds. The second-order valence-corrected chi connectivity index (χ2v) is 16.9. The molecule has 2 aliphatic heterocycles. The molecule has 0 bridgehead atoms. The number of hydrogen-bond acceptors (Lipinski definition) is 6. The number of fused-ring (bicyclic) bond motifs is 2. The lowest BCUT2D eigenvalue weighted by Crippen LogP contribution is -2.50. The molecule has 10 nitrogen and oxygen atoms in total. The average molecular weight is 761 g/mol. The fourth-order valence-corrected chi connectivity index (χ4v) is 8.40. The molecule has 14 heteroatoms. The Morgan fingerprint density at radius 3 is 1.28 bits per heavy atom. The minimum atomic E-state index is -0.810. The number of anilines is 2. The monoisotopic (exact) mass is 760 g/mol. The van der Waals surface area contributed by atoms with E-state index < -0.39 is 58.7 Å². The van der Waals surface area contributed by atoms with Crippen LogP contribution in [0.3, 0.4) is 0 Å². The van der Waals surface area contributed by atoms with Crippen LogP contribution >= 0.6 is 0 Å². The quantitative estimate of drug-likeness (QED) is 0.294. The van der Waals surface area contributed by atoms with Crippen LogP contribution in [0.2, 0.25) is 0 Å². The summed E-state index contributed by atoms with van der Waals surface area (Å²) in [6, 6.07) is 4.81. The van der Waals surface area contributed by atoms with Crippen molar-refractivity contribution < 1.29 is 46.2 Å². The molecule has 2 aromatic carbocycles. The van der Waals surface area contributed by atoms with Gasteiger partial charge in [0.05, 0.1) is 11.4 Å². The second kappa shape index (κ2) is 15.8. The Hall–Kier alpha value is -4.36. The summed E-state index contributed by atoms with van der Waals surface area (Å²) in [4.78, 5) is 57.1. The van der Waals surface area contributed by atoms with Crippen molar-refractivity contribution in [2.75, 3.05) is 37.0 Å². The lowest BCUT2D eigenvalue weighted by atomic mass is 9.93. The van der Waals surface area contributed by atoms with Gasteiger partial charge in [0.1, 0.15) is 46.6 Å². The molecule has 296 valence electrons. The number of likely N-dealkylation sites (N-methyl/N-ethyl adjacent to an activating group) is 2. The molecule has 0 N–H and O–H groups in total. The topological polar surface area (TPSA) is 99.7 Å². The molecule has 2 aromatic rings. The third kappa shape index (κ3) is 8.94. The Balaban J connectivity index is 0.000000208. The molecule has 0 spiro atoms. The highest BCUT2D eigenvalue weighted by molar-refractivity contribution is 6.00. The summed E-state index contributed by atoms with van der Waals surface area (Å²) in [6.45, 7) is 11.6. The SMILES string of the molecule is CN(C(=O)[C@@H]1[C@H]2CCC[C@H]2CN1C(=O)OC(C)(C)C)c1ccc(F)cc1F.CN(C(=O)[C@@H]1[C@H]2CCC[C@H]2CN1C(=O)OC(C)(C)C)c1ccc(F)cc1F. The van der Waals surface area contributed by atoms with E-state index in [0.29, 0.717) is 13.1 Å². The molecule has 0 aromatic heterocycles. The average Bonchev–Trinajstić information content (AvgIpc) is 3.84. The van der Waals surface area contributed by atoms with E-state index in [9.17, 15) is 36.7 Å². The molecular formula is C40H52F4N4O6. The Labute approximate surface area is 314 Å². The van der Waals surface area contributed by atoms with E-state index >= 15 is 0 Å². The molecule has 2 heterocycles. The summed E-state index contributed by atoms with van der Waals surface area (Å²) in [5, 5.41) is 0. The molecule has 4 fully saturated rings. The van der Waals surface area contributed by atoms with Gasteiger partial charge >= 0.3 is 12.2 Å². The van der Waals surface area contributed by atoms with Gasteiger partial charge in [-0.2, -0.15) is 0 Å². The summed E-state index contributed by atoms with van der Waals surface area (Å²) in [7, 11) is 2.91. The van der Waals surface area contributed by atoms with Crippen molar-refractivity contribution in [1.82, 2.24) is 9.80 Å². The number of nitrogens with zero attached hydrogens (tertiary/aromatic N) is 4. The highest BCUT2D eigenvalue weighted by Crippen LogP contribution is 2.45. The smallest absolute Gasteiger partial charge is 0.410 e. The Morgan fingerprint density at radius 1 is 0.611 bits per heavy atom. The number of carbonyl (C=O) groups is 4. The van der Waals surface area contributed by atoms with E-state index in [1.165, 1.54) is 45.8 Å². The number of benzene rings is 2. The Bertz CT molecular complexity index is 1620. The molecule has 6 rings (SSSR count). The van der Waals surface area contributed by atoms with E-state index in [1.807, 2.05) is 0 Å². The van der Waals surface area contributed by atoms with Crippen molar-refractivity contribution >= 4 is 35.4 Å². The highest BCUT2D eigenvalue weighted by atomic mass is 19.1. The summed E-state index contributed by atoms with van der Waals surface area (Å²) in [5.74, 6) is -3.20. The standard InChI is InChI=1S/2C20H26F2N2O3/c2*1-20(2,3)27-19(26)24-11-12-6-5-7-14(12)17(24)18(25)23(4)16-9-8-13(21)10-15(16)22/h2*8-10,12,14,17H,5-7,11H2,1-4H3/t2*12-,14-,17-/m00/s1. The van der Waals surface area contributed by atoms with Gasteiger partial charge in [-0.05, 0) is 115 Å². The number of amides is 4. The van der Waals surface area contributed by atoms with Crippen LogP contribution < -0.4 is 9.80 Å². The van der Waals surface area contributed by atoms with Gasteiger partial charge in [0, 0.05) is 39.3 Å². The van der Waals surface area contributed by atoms with E-state index in [-0.39, 0.29) is 46.9 Å². The van der Waals surface area contributed by atoms with Gasteiger partial charge in [-0.25, -0.2) is 27.2 Å². The van der Waals surface area contributed by atoms with Crippen LogP contribution in [-0.2, 0) is 19.1 Å². The van der Waals surface area contributed by atoms with Crippen LogP contribution in [0.1, 0.15) is 80.1 Å². The summed E-state index contributed by atoms with van der Waals surface area (Å²) < 4.78 is 65.7. The first-order valence-electron chi connectivity index (χ1n) is 18.6. The first-order valence-corrected chi connectivity index (χ1v) is 18.6. The molecule has 0 radical (unpaired) electrons. The number of carbonyl (C=O) groups excluding carboxylic acids is 4. The molecule has 6 atom stereocenters. The normalized spacial score (nSPS) is 24.7. The number of halogens is 4. The predicted octanol–water partition coefficient (Wildman–Crippen LogP) is 7.93. The summed E-state index contributed by atoms with van der Waals surface area (Å²) >= 11 is 0. The van der Waals surface area contributed by atoms with Crippen LogP contribution in [0, 0.1) is 46.9 Å². The lowest BCUT2D eigenvalue weighted by Gasteiger charge is -2.32. The van der Waals surface area contributed by atoms with Gasteiger partial charge in [-0.3, -0.25) is 19.4 Å². The Kier molecular flexibility index (Phi) is 11.9. The van der Waals surface area contributed by atoms with E-state index in [4.69, 9.17) is 9.47 Å². The van der Waals surface area contributed by atoms with E-state index in [2.05, 4.69) is 0 Å². The van der Waals surface area contributed by atoms with Gasteiger partial charge in [0.2, 0.25) is 11.8 Å². The highest BCUT2D eigenvalue weighted by Gasteiger charge is 2.52. The molecule has 0 unspecified atom stereocenters. The van der Waals surface area contributed by atoms with Crippen molar-refractivity contribution in [2.45, 2.75) is 103 Å². The minimum absolute atomic E-state index is 0.00742. The number of rotatable bonds is 4. The van der Waals surface area contributed by atoms with Crippen molar-refractivity contribution in [3.05, 3.63) is 59.7 Å². The van der Waals surface area contributed by atoms with Crippen molar-refractivity contribution in [3.8, 4) is 0 Å². The summed E-state index contributed by atoms with van der Waals surface area (Å²) in [5.41, 5.74) is -1.35. The van der Waals surface area contributed by atoms with Crippen molar-refractivity contribution in [2.24, 2.45) is 23.7 Å². The van der Waals surface area contributed by atoms with Crippen LogP contribution in [0.15, 0.2) is 36.4 Å². The number of hydrogen-bond donors (Lipinski definition) is 0. The van der Waals surface area contributed by atoms with Gasteiger partial charge in [-0.1, -0.05) is 12.8 Å². The predicted molar refractivity (Wildman–Crippen MR) is 195 cm³/mol. The Morgan fingerprint density at radius 2 is 0.963 bits per heavy atom. The zero-order chi connectivity index (χ0) is 39.9. The van der Waals surface area contributed by atoms with Gasteiger partial charge in [-0.15, -0.1) is 0 Å². The third-order valence-corrected chi connectivity index (χ3v) is 10.7. The molecule has 4 aliphatic rings. The van der Waals surface area contributed by atoms with Crippen LogP contribution in [-0.4, -0.2) is 84.3 Å². The molecular weight excluding hydrogens is 708 g/mol. The van der Waals surface area contributed by atoms with Crippen molar-refractivity contribution in [1.29, 1.82) is 0 Å². The van der Waals surface area contributed by atoms with Crippen LogP contribution in [0.5, 0.6) is 0 Å². The second-order valence-electron chi connectivity index (χ2n) is 16.9. The first kappa shape index (κ1) is 40.8. The van der Waals surface area contributed by atoms with Crippen LogP contribution in [0.4, 0.5) is 38.5 Å². The zero-order valence-corrected chi connectivity index (χ0v) is 32.3. The van der Waals surface area contributed by atoms with E-state index in [0.717, 1.165) is 62.8 Å². The molecule has 2 aliphatic carbocycles. The summed E-state index contributed by atoms with van der Waals surface area (Å²) in [6.07, 6.45) is 4.59. The van der Waals surface area contributed by atoms with Crippen LogP contribution in [0.25, 0.3) is 0 Å². The maximum Gasteiger partial charge on any atom is 0.410 e. The van der Waals surface area contributed by atoms with Crippen molar-refractivity contribution in [3.63, 3.8) is 0 Å². The van der Waals surface area contributed by atoms with E-state index in [1.54, 1.807) is 41.5 Å². The maximum atomic E-state index is 14.2. The number of likely N-dealkylation sites (tertiary alicyclic amines) is 2. The molecule has 54 heavy (non-hydrogen) atoms.